The van der Waals surface area contributed by atoms with Crippen molar-refractivity contribution in [1.82, 2.24) is 0 Å². The molecule has 0 unspecified atom stereocenters. The average Bonchev–Trinajstić information content (AvgIpc) is 2.45. The Balaban J connectivity index is 2.41. The topological polar surface area (TPSA) is 21.6 Å². The summed E-state index contributed by atoms with van der Waals surface area (Å²) in [5.74, 6) is 0. The third-order valence-electron chi connectivity index (χ3n) is 2.38. The highest BCUT2D eigenvalue weighted by Crippen LogP contribution is 1.86. The van der Waals surface area contributed by atoms with Gasteiger partial charge in [-0.1, -0.05) is 48.6 Å². The molecule has 0 amide bonds. The summed E-state index contributed by atoms with van der Waals surface area (Å²) in [5.41, 5.74) is 0. The van der Waals surface area contributed by atoms with Gasteiger partial charge in [-0.15, -0.1) is 0 Å². The molecule has 2 heteroatoms. The molecule has 0 aliphatic carbocycles. The first-order valence-corrected chi connectivity index (χ1v) is 6.07. The van der Waals surface area contributed by atoms with Crippen molar-refractivity contribution in [2.24, 2.45) is 4.99 Å². The van der Waals surface area contributed by atoms with Gasteiger partial charge in [-0.2, -0.15) is 0 Å². The zero-order valence-electron chi connectivity index (χ0n) is 10.5. The van der Waals surface area contributed by atoms with Gasteiger partial charge in [0, 0.05) is 11.4 Å². The van der Waals surface area contributed by atoms with E-state index in [2.05, 4.69) is 4.99 Å². The van der Waals surface area contributed by atoms with Gasteiger partial charge in [0.15, 0.2) is 0 Å². The number of allylic oxidation sites excluding steroid dienone is 7. The first-order chi connectivity index (χ1) is 9.47. The summed E-state index contributed by atoms with van der Waals surface area (Å²) in [7, 11) is 0. The highest BCUT2D eigenvalue weighted by atomic mass is 16.5. The summed E-state index contributed by atoms with van der Waals surface area (Å²) in [6.07, 6.45) is 20.3. The van der Waals surface area contributed by atoms with Gasteiger partial charge in [-0.05, 0) is 24.3 Å². The Hall–Kier alpha value is -2.61. The van der Waals surface area contributed by atoms with E-state index in [1.165, 1.54) is 0 Å². The van der Waals surface area contributed by atoms with Crippen LogP contribution >= 0.6 is 0 Å². The second-order valence-electron chi connectivity index (χ2n) is 3.76. The van der Waals surface area contributed by atoms with Gasteiger partial charge in [0.1, 0.15) is 0 Å². The molecule has 0 saturated heterocycles. The van der Waals surface area contributed by atoms with Crippen LogP contribution in [0.15, 0.2) is 90.5 Å². The molecule has 1 heterocycles. The largest absolute Gasteiger partial charge is 0.473 e. The molecule has 1 aromatic carbocycles. The Labute approximate surface area is 112 Å². The van der Waals surface area contributed by atoms with Crippen LogP contribution in [0.3, 0.4) is 0 Å². The van der Waals surface area contributed by atoms with E-state index in [-0.39, 0.29) is 0 Å². The van der Waals surface area contributed by atoms with Crippen LogP contribution in [0, 0.1) is 0 Å². The lowest BCUT2D eigenvalue weighted by molar-refractivity contribution is 0.403. The van der Waals surface area contributed by atoms with Crippen molar-refractivity contribution in [2.45, 2.75) is 0 Å². The summed E-state index contributed by atoms with van der Waals surface area (Å²) < 4.78 is 5.14. The molecule has 2 nitrogen and oxygen atoms in total. The minimum atomic E-state index is 0.940. The van der Waals surface area contributed by atoms with Crippen LogP contribution in [0.25, 0.3) is 6.08 Å². The van der Waals surface area contributed by atoms with Crippen molar-refractivity contribution in [2.75, 3.05) is 0 Å². The standard InChI is InChI=1S/C17H15NO/c1-2-4-10-16-11-5-6-12-17(16)18-13-7-9-15-19-14-8-3-1/h1-15H/b3-1-,4-2-,13-7-,14-8-,15-9-,16-10+,18-17-. The Morgan fingerprint density at radius 1 is 0.737 bits per heavy atom. The van der Waals surface area contributed by atoms with Crippen LogP contribution in [0.4, 0.5) is 0 Å². The van der Waals surface area contributed by atoms with Gasteiger partial charge in [-0.3, -0.25) is 4.99 Å². The highest BCUT2D eigenvalue weighted by molar-refractivity contribution is 5.38. The molecule has 1 aliphatic rings. The van der Waals surface area contributed by atoms with Crippen molar-refractivity contribution >= 4 is 6.08 Å². The second-order valence-corrected chi connectivity index (χ2v) is 3.76. The molecular weight excluding hydrogens is 234 g/mol. The van der Waals surface area contributed by atoms with E-state index < -0.39 is 0 Å². The lowest BCUT2D eigenvalue weighted by Crippen LogP contribution is -2.23. The van der Waals surface area contributed by atoms with Gasteiger partial charge in [0.05, 0.1) is 17.9 Å². The van der Waals surface area contributed by atoms with Crippen molar-refractivity contribution in [3.63, 3.8) is 0 Å². The Morgan fingerprint density at radius 2 is 1.47 bits per heavy atom. The van der Waals surface area contributed by atoms with E-state index in [0.29, 0.717) is 0 Å². The number of fused-ring (bicyclic) bond motifs is 1. The van der Waals surface area contributed by atoms with Crippen molar-refractivity contribution < 1.29 is 4.74 Å². The fraction of sp³-hybridized carbons (Fsp3) is 0. The second kappa shape index (κ2) is 7.67. The molecule has 1 aliphatic heterocycles. The number of benzene rings is 1. The Morgan fingerprint density at radius 3 is 2.42 bits per heavy atom. The Kier molecular flexibility index (Phi) is 5.18. The summed E-state index contributed by atoms with van der Waals surface area (Å²) in [5, 5.41) is 2.03. The summed E-state index contributed by atoms with van der Waals surface area (Å²) in [6, 6.07) is 8.00. The highest BCUT2D eigenvalue weighted by Gasteiger charge is 1.82. The molecule has 0 bridgehead atoms. The molecule has 1 aromatic rings. The van der Waals surface area contributed by atoms with E-state index in [9.17, 15) is 0 Å². The summed E-state index contributed by atoms with van der Waals surface area (Å²) in [6.45, 7) is 0. The van der Waals surface area contributed by atoms with Gasteiger partial charge >= 0.3 is 0 Å². The van der Waals surface area contributed by atoms with Crippen LogP contribution in [0.5, 0.6) is 0 Å². The maximum Gasteiger partial charge on any atom is 0.0901 e. The van der Waals surface area contributed by atoms with Crippen molar-refractivity contribution in [3.05, 3.63) is 96.1 Å². The molecular formula is C17H15NO. The minimum absolute atomic E-state index is 0.940. The first kappa shape index (κ1) is 12.8. The van der Waals surface area contributed by atoms with E-state index >= 15 is 0 Å². The lowest BCUT2D eigenvalue weighted by atomic mass is 10.2. The van der Waals surface area contributed by atoms with Gasteiger partial charge < -0.3 is 4.74 Å². The SMILES string of the molecule is C1=C\C=C/O/C=C\C=C/N=c2/cccc/c2=C\C=C/1. The molecule has 0 saturated carbocycles. The van der Waals surface area contributed by atoms with Gasteiger partial charge in [-0.25, -0.2) is 0 Å². The quantitative estimate of drug-likeness (QED) is 0.693. The molecule has 0 aromatic heterocycles. The molecule has 0 spiro atoms. The van der Waals surface area contributed by atoms with E-state index in [1.807, 2.05) is 66.8 Å². The summed E-state index contributed by atoms with van der Waals surface area (Å²) >= 11 is 0. The third kappa shape index (κ3) is 4.64. The van der Waals surface area contributed by atoms with Gasteiger partial charge in [0.25, 0.3) is 0 Å². The molecule has 19 heavy (non-hydrogen) atoms. The number of ether oxygens (including phenoxy) is 1. The fourth-order valence-corrected chi connectivity index (χ4v) is 1.50. The number of rotatable bonds is 0. The number of nitrogens with zero attached hydrogens (tertiary/aromatic N) is 1. The predicted molar refractivity (Wildman–Crippen MR) is 78.5 cm³/mol. The lowest BCUT2D eigenvalue weighted by Gasteiger charge is -1.87. The first-order valence-electron chi connectivity index (χ1n) is 6.07. The van der Waals surface area contributed by atoms with Gasteiger partial charge in [0.2, 0.25) is 0 Å². The molecule has 2 rings (SSSR count). The van der Waals surface area contributed by atoms with Crippen LogP contribution < -0.4 is 10.6 Å². The number of para-hydroxylation sites is 1. The van der Waals surface area contributed by atoms with Crippen molar-refractivity contribution in [3.8, 4) is 0 Å². The monoisotopic (exact) mass is 249 g/mol. The van der Waals surface area contributed by atoms with E-state index in [4.69, 9.17) is 4.74 Å². The minimum Gasteiger partial charge on any atom is -0.473 e. The zero-order chi connectivity index (χ0) is 13.2. The molecule has 0 fully saturated rings. The molecule has 0 atom stereocenters. The Bertz CT molecular complexity index is 661. The fourth-order valence-electron chi connectivity index (χ4n) is 1.50. The normalized spacial score (nSPS) is 26.5. The average molecular weight is 249 g/mol. The van der Waals surface area contributed by atoms with E-state index in [0.717, 1.165) is 10.6 Å². The predicted octanol–water partition coefficient (Wildman–Crippen LogP) is 2.77. The van der Waals surface area contributed by atoms with Crippen LogP contribution in [0.2, 0.25) is 0 Å². The molecule has 94 valence electrons. The third-order valence-corrected chi connectivity index (χ3v) is 2.38. The van der Waals surface area contributed by atoms with Crippen LogP contribution in [-0.2, 0) is 4.74 Å². The number of hydrogen-bond donors (Lipinski definition) is 0. The zero-order valence-corrected chi connectivity index (χ0v) is 10.5. The van der Waals surface area contributed by atoms with E-state index in [1.54, 1.807) is 24.8 Å². The summed E-state index contributed by atoms with van der Waals surface area (Å²) in [4.78, 5) is 4.41. The molecule has 0 N–H and O–H groups in total. The van der Waals surface area contributed by atoms with Crippen LogP contribution in [0.1, 0.15) is 0 Å². The maximum absolute atomic E-state index is 5.14. The smallest absolute Gasteiger partial charge is 0.0901 e. The maximum atomic E-state index is 5.14. The van der Waals surface area contributed by atoms with Crippen LogP contribution in [-0.4, -0.2) is 0 Å². The number of hydrogen-bond acceptors (Lipinski definition) is 2. The molecule has 0 radical (unpaired) electrons. The van der Waals surface area contributed by atoms with Crippen molar-refractivity contribution in [1.29, 1.82) is 0 Å².